The van der Waals surface area contributed by atoms with Gasteiger partial charge in [0.2, 0.25) is 10.0 Å². The van der Waals surface area contributed by atoms with E-state index < -0.39 is 16.0 Å². The summed E-state index contributed by atoms with van der Waals surface area (Å²) in [7, 11) is -2.18. The van der Waals surface area contributed by atoms with Gasteiger partial charge in [0.25, 0.3) is 0 Å². The zero-order valence-corrected chi connectivity index (χ0v) is 12.6. The summed E-state index contributed by atoms with van der Waals surface area (Å²) in [5.74, 6) is 0.351. The number of nitrogens with zero attached hydrogens (tertiary/aromatic N) is 1. The van der Waals surface area contributed by atoms with Crippen molar-refractivity contribution in [3.63, 3.8) is 0 Å². The van der Waals surface area contributed by atoms with Crippen LogP contribution in [0.4, 0.5) is 0 Å². The molecular weight excluding hydrogens is 292 g/mol. The molecule has 2 aliphatic heterocycles. The molecule has 2 aliphatic rings. The van der Waals surface area contributed by atoms with Crippen molar-refractivity contribution in [2.75, 3.05) is 33.3 Å². The lowest BCUT2D eigenvalue weighted by Gasteiger charge is -2.17. The van der Waals surface area contributed by atoms with Gasteiger partial charge < -0.3 is 10.1 Å². The van der Waals surface area contributed by atoms with E-state index in [-0.39, 0.29) is 4.90 Å². The average Bonchev–Trinajstić information content (AvgIpc) is 3.08. The molecule has 0 radical (unpaired) electrons. The fourth-order valence-electron chi connectivity index (χ4n) is 3.04. The van der Waals surface area contributed by atoms with E-state index in [1.54, 1.807) is 4.31 Å². The summed E-state index contributed by atoms with van der Waals surface area (Å²) in [4.78, 5) is 11.6. The van der Waals surface area contributed by atoms with Gasteiger partial charge >= 0.3 is 5.97 Å². The SMILES string of the molecule is COC(=O)c1ccc(S(=O)(=O)N2C[C@H]3CNC[C@H]3C2)cc1. The molecule has 2 atom stereocenters. The number of hydrogen-bond acceptors (Lipinski definition) is 5. The first-order valence-corrected chi connectivity index (χ1v) is 8.35. The largest absolute Gasteiger partial charge is 0.465 e. The second-order valence-corrected chi connectivity index (χ2v) is 7.45. The molecule has 21 heavy (non-hydrogen) atoms. The summed E-state index contributed by atoms with van der Waals surface area (Å²) < 4.78 is 31.4. The normalized spacial score (nSPS) is 25.8. The number of hydrogen-bond donors (Lipinski definition) is 1. The minimum atomic E-state index is -3.48. The Labute approximate surface area is 124 Å². The first-order chi connectivity index (χ1) is 10.0. The summed E-state index contributed by atoms with van der Waals surface area (Å²) in [6.45, 7) is 2.91. The number of carbonyl (C=O) groups is 1. The molecule has 0 saturated carbocycles. The maximum Gasteiger partial charge on any atom is 0.337 e. The third-order valence-electron chi connectivity index (χ3n) is 4.27. The number of rotatable bonds is 3. The number of methoxy groups -OCH3 is 1. The summed E-state index contributed by atoms with van der Waals surface area (Å²) in [6.07, 6.45) is 0. The minimum absolute atomic E-state index is 0.225. The van der Waals surface area contributed by atoms with Crippen molar-refractivity contribution in [2.45, 2.75) is 4.90 Å². The summed E-state index contributed by atoms with van der Waals surface area (Å²) in [6, 6.07) is 5.90. The van der Waals surface area contributed by atoms with Gasteiger partial charge in [0, 0.05) is 13.1 Å². The van der Waals surface area contributed by atoms with Crippen molar-refractivity contribution >= 4 is 16.0 Å². The molecule has 2 fully saturated rings. The van der Waals surface area contributed by atoms with Crippen LogP contribution < -0.4 is 5.32 Å². The lowest BCUT2D eigenvalue weighted by Crippen LogP contribution is -2.31. The minimum Gasteiger partial charge on any atom is -0.465 e. The van der Waals surface area contributed by atoms with Gasteiger partial charge in [-0.3, -0.25) is 0 Å². The van der Waals surface area contributed by atoms with E-state index in [2.05, 4.69) is 10.1 Å². The Morgan fingerprint density at radius 2 is 1.76 bits per heavy atom. The molecule has 0 unspecified atom stereocenters. The van der Waals surface area contributed by atoms with Crippen LogP contribution in [0.25, 0.3) is 0 Å². The Morgan fingerprint density at radius 1 is 1.19 bits per heavy atom. The highest BCUT2D eigenvalue weighted by atomic mass is 32.2. The Kier molecular flexibility index (Phi) is 3.73. The molecule has 0 bridgehead atoms. The molecule has 1 aromatic rings. The predicted octanol–water partition coefficient (Wildman–Crippen LogP) is 0.313. The zero-order chi connectivity index (χ0) is 15.0. The van der Waals surface area contributed by atoms with Crippen LogP contribution in [0, 0.1) is 11.8 Å². The fourth-order valence-corrected chi connectivity index (χ4v) is 4.59. The van der Waals surface area contributed by atoms with Crippen molar-refractivity contribution in [3.05, 3.63) is 29.8 Å². The molecule has 1 aromatic carbocycles. The molecule has 2 heterocycles. The maximum atomic E-state index is 12.6. The third-order valence-corrected chi connectivity index (χ3v) is 6.12. The van der Waals surface area contributed by atoms with Crippen LogP contribution >= 0.6 is 0 Å². The quantitative estimate of drug-likeness (QED) is 0.814. The second-order valence-electron chi connectivity index (χ2n) is 5.52. The molecule has 6 nitrogen and oxygen atoms in total. The highest BCUT2D eigenvalue weighted by Gasteiger charge is 2.41. The summed E-state index contributed by atoms with van der Waals surface area (Å²) in [5, 5.41) is 3.29. The highest BCUT2D eigenvalue weighted by Crippen LogP contribution is 2.30. The number of ether oxygens (including phenoxy) is 1. The Hall–Kier alpha value is -1.44. The van der Waals surface area contributed by atoms with E-state index >= 15 is 0 Å². The van der Waals surface area contributed by atoms with Crippen molar-refractivity contribution in [2.24, 2.45) is 11.8 Å². The second kappa shape index (κ2) is 5.40. The van der Waals surface area contributed by atoms with Crippen molar-refractivity contribution in [3.8, 4) is 0 Å². The zero-order valence-electron chi connectivity index (χ0n) is 11.8. The monoisotopic (exact) mass is 310 g/mol. The van der Waals surface area contributed by atoms with Gasteiger partial charge in [-0.1, -0.05) is 0 Å². The standard InChI is InChI=1S/C14H18N2O4S/c1-20-14(17)10-2-4-13(5-3-10)21(18,19)16-8-11-6-15-7-12(11)9-16/h2-5,11-12,15H,6-9H2,1H3/t11-,12+. The number of carbonyl (C=O) groups excluding carboxylic acids is 1. The van der Waals surface area contributed by atoms with E-state index in [0.29, 0.717) is 30.5 Å². The molecule has 7 heteroatoms. The van der Waals surface area contributed by atoms with Crippen LogP contribution in [0.5, 0.6) is 0 Å². The van der Waals surface area contributed by atoms with E-state index in [4.69, 9.17) is 0 Å². The number of benzene rings is 1. The molecule has 0 aliphatic carbocycles. The van der Waals surface area contributed by atoms with Crippen molar-refractivity contribution in [1.82, 2.24) is 9.62 Å². The van der Waals surface area contributed by atoms with Crippen molar-refractivity contribution < 1.29 is 17.9 Å². The number of nitrogens with one attached hydrogen (secondary N) is 1. The molecule has 0 amide bonds. The van der Waals surface area contributed by atoms with Crippen LogP contribution in [0.15, 0.2) is 29.2 Å². The number of sulfonamides is 1. The predicted molar refractivity (Wildman–Crippen MR) is 76.4 cm³/mol. The highest BCUT2D eigenvalue weighted by molar-refractivity contribution is 7.89. The molecule has 1 N–H and O–H groups in total. The van der Waals surface area contributed by atoms with Crippen LogP contribution in [-0.4, -0.2) is 52.0 Å². The summed E-state index contributed by atoms with van der Waals surface area (Å²) >= 11 is 0. The van der Waals surface area contributed by atoms with Crippen molar-refractivity contribution in [1.29, 1.82) is 0 Å². The smallest absolute Gasteiger partial charge is 0.337 e. The lowest BCUT2D eigenvalue weighted by molar-refractivity contribution is 0.0600. The van der Waals surface area contributed by atoms with Gasteiger partial charge in [-0.25, -0.2) is 13.2 Å². The first kappa shape index (κ1) is 14.5. The lowest BCUT2D eigenvalue weighted by atomic mass is 10.0. The Balaban J connectivity index is 1.80. The first-order valence-electron chi connectivity index (χ1n) is 6.91. The molecule has 0 aromatic heterocycles. The Bertz CT molecular complexity index is 629. The molecule has 114 valence electrons. The number of fused-ring (bicyclic) bond motifs is 1. The third kappa shape index (κ3) is 2.56. The van der Waals surface area contributed by atoms with Gasteiger partial charge in [0.05, 0.1) is 17.6 Å². The van der Waals surface area contributed by atoms with Crippen LogP contribution in [-0.2, 0) is 14.8 Å². The van der Waals surface area contributed by atoms with E-state index in [1.807, 2.05) is 0 Å². The van der Waals surface area contributed by atoms with Gasteiger partial charge in [-0.2, -0.15) is 4.31 Å². The molecule has 2 saturated heterocycles. The van der Waals surface area contributed by atoms with Crippen LogP contribution in [0.1, 0.15) is 10.4 Å². The van der Waals surface area contributed by atoms with Gasteiger partial charge in [0.1, 0.15) is 0 Å². The maximum absolute atomic E-state index is 12.6. The van der Waals surface area contributed by atoms with Gasteiger partial charge in [0.15, 0.2) is 0 Å². The molecule has 3 rings (SSSR count). The Morgan fingerprint density at radius 3 is 2.29 bits per heavy atom. The van der Waals surface area contributed by atoms with Crippen LogP contribution in [0.2, 0.25) is 0 Å². The molecule has 0 spiro atoms. The van der Waals surface area contributed by atoms with Gasteiger partial charge in [-0.15, -0.1) is 0 Å². The number of esters is 1. The summed E-state index contributed by atoms with van der Waals surface area (Å²) in [5.41, 5.74) is 0.346. The average molecular weight is 310 g/mol. The molecular formula is C14H18N2O4S. The van der Waals surface area contributed by atoms with E-state index in [0.717, 1.165) is 13.1 Å². The fraction of sp³-hybridized carbons (Fsp3) is 0.500. The van der Waals surface area contributed by atoms with Crippen LogP contribution in [0.3, 0.4) is 0 Å². The van der Waals surface area contributed by atoms with E-state index in [9.17, 15) is 13.2 Å². The van der Waals surface area contributed by atoms with E-state index in [1.165, 1.54) is 31.4 Å². The van der Waals surface area contributed by atoms with Gasteiger partial charge in [-0.05, 0) is 49.2 Å². The topological polar surface area (TPSA) is 75.7 Å².